The van der Waals surface area contributed by atoms with Gasteiger partial charge in [0, 0.05) is 5.56 Å². The van der Waals surface area contributed by atoms with Crippen LogP contribution in [0.1, 0.15) is 5.56 Å². The third-order valence-corrected chi connectivity index (χ3v) is 1.64. The van der Waals surface area contributed by atoms with Crippen LogP contribution in [0.25, 0.3) is 0 Å². The van der Waals surface area contributed by atoms with Crippen LogP contribution in [-0.4, -0.2) is 19.0 Å². The number of rotatable bonds is 5. The second-order valence-electron chi connectivity index (χ2n) is 2.66. The molecule has 0 saturated carbocycles. The highest BCUT2D eigenvalue weighted by Crippen LogP contribution is 2.11. The zero-order chi connectivity index (χ0) is 10.4. The minimum atomic E-state index is 0.0434. The third kappa shape index (κ3) is 3.04. The van der Waals surface area contributed by atoms with Gasteiger partial charge in [-0.15, -0.1) is 0 Å². The molecule has 0 unspecified atom stereocenters. The smallest absolute Gasteiger partial charge is 0.122 e. The van der Waals surface area contributed by atoms with E-state index in [4.69, 9.17) is 21.8 Å². The maximum atomic E-state index is 7.17. The Labute approximate surface area is 82.1 Å². The number of nitrogens with two attached hydrogens (primary N) is 2. The number of hydrogen-bond donors (Lipinski definition) is 3. The van der Waals surface area contributed by atoms with E-state index in [9.17, 15) is 0 Å². The lowest BCUT2D eigenvalue weighted by Gasteiger charge is -2.05. The number of ether oxygens (including phenoxy) is 1. The first kappa shape index (κ1) is 10.5. The van der Waals surface area contributed by atoms with Gasteiger partial charge in [-0.25, -0.2) is 5.90 Å². The fraction of sp³-hybridized carbons (Fsp3) is 0.222. The first-order chi connectivity index (χ1) is 6.74. The van der Waals surface area contributed by atoms with E-state index in [1.165, 1.54) is 0 Å². The van der Waals surface area contributed by atoms with Gasteiger partial charge in [0.2, 0.25) is 0 Å². The fourth-order valence-electron chi connectivity index (χ4n) is 0.938. The van der Waals surface area contributed by atoms with Crippen molar-refractivity contribution in [3.05, 3.63) is 29.8 Å². The summed E-state index contributed by atoms with van der Waals surface area (Å²) in [6.07, 6.45) is 0. The van der Waals surface area contributed by atoms with Crippen LogP contribution in [0.4, 0.5) is 0 Å². The normalized spacial score (nSPS) is 9.79. The Bertz CT molecular complexity index is 297. The number of nitrogens with one attached hydrogen (secondary N) is 1. The maximum absolute atomic E-state index is 7.17. The number of benzene rings is 1. The Morgan fingerprint density at radius 1 is 1.21 bits per heavy atom. The van der Waals surface area contributed by atoms with Gasteiger partial charge in [-0.1, -0.05) is 0 Å². The van der Waals surface area contributed by atoms with Gasteiger partial charge in [0.15, 0.2) is 0 Å². The van der Waals surface area contributed by atoms with Crippen molar-refractivity contribution in [2.45, 2.75) is 0 Å². The molecule has 1 rings (SSSR count). The Morgan fingerprint density at radius 3 is 2.36 bits per heavy atom. The van der Waals surface area contributed by atoms with Gasteiger partial charge in [-0.2, -0.15) is 0 Å². The molecule has 0 bridgehead atoms. The molecule has 0 amide bonds. The lowest BCUT2D eigenvalue weighted by molar-refractivity contribution is 0.102. The molecular formula is C9H13N3O2. The molecule has 1 aromatic rings. The molecule has 0 aliphatic rings. The SMILES string of the molecule is N=C(N)c1ccc(OCCON)cc1. The van der Waals surface area contributed by atoms with E-state index in [2.05, 4.69) is 4.84 Å². The summed E-state index contributed by atoms with van der Waals surface area (Å²) in [7, 11) is 0. The summed E-state index contributed by atoms with van der Waals surface area (Å²) in [4.78, 5) is 4.35. The lowest BCUT2D eigenvalue weighted by Crippen LogP contribution is -2.11. The fourth-order valence-corrected chi connectivity index (χ4v) is 0.938. The van der Waals surface area contributed by atoms with E-state index >= 15 is 0 Å². The predicted octanol–water partition coefficient (Wildman–Crippen LogP) is 0.240. The summed E-state index contributed by atoms with van der Waals surface area (Å²) < 4.78 is 5.26. The predicted molar refractivity (Wildman–Crippen MR) is 53.1 cm³/mol. The van der Waals surface area contributed by atoms with Crippen LogP contribution in [0, 0.1) is 5.41 Å². The average Bonchev–Trinajstić information content (AvgIpc) is 2.19. The first-order valence-electron chi connectivity index (χ1n) is 4.13. The van der Waals surface area contributed by atoms with Crippen LogP contribution in [-0.2, 0) is 4.84 Å². The molecule has 0 atom stereocenters. The Balaban J connectivity index is 2.51. The van der Waals surface area contributed by atoms with E-state index < -0.39 is 0 Å². The van der Waals surface area contributed by atoms with Gasteiger partial charge >= 0.3 is 0 Å². The first-order valence-corrected chi connectivity index (χ1v) is 4.13. The van der Waals surface area contributed by atoms with E-state index in [1.807, 2.05) is 0 Å². The Kier molecular flexibility index (Phi) is 3.90. The highest BCUT2D eigenvalue weighted by molar-refractivity contribution is 5.94. The molecule has 5 nitrogen and oxygen atoms in total. The van der Waals surface area contributed by atoms with Gasteiger partial charge in [0.25, 0.3) is 0 Å². The number of hydrogen-bond acceptors (Lipinski definition) is 4. The van der Waals surface area contributed by atoms with E-state index in [1.54, 1.807) is 24.3 Å². The topological polar surface area (TPSA) is 94.4 Å². The second kappa shape index (κ2) is 5.21. The zero-order valence-electron chi connectivity index (χ0n) is 7.69. The van der Waals surface area contributed by atoms with Crippen molar-refractivity contribution in [1.82, 2.24) is 0 Å². The van der Waals surface area contributed by atoms with Crippen molar-refractivity contribution in [3.63, 3.8) is 0 Å². The average molecular weight is 195 g/mol. The summed E-state index contributed by atoms with van der Waals surface area (Å²) in [6.45, 7) is 0.740. The van der Waals surface area contributed by atoms with Crippen LogP contribution >= 0.6 is 0 Å². The molecular weight excluding hydrogens is 182 g/mol. The molecule has 76 valence electrons. The summed E-state index contributed by atoms with van der Waals surface area (Å²) in [5, 5.41) is 7.17. The van der Waals surface area contributed by atoms with Crippen LogP contribution in [0.3, 0.4) is 0 Å². The molecule has 5 heteroatoms. The van der Waals surface area contributed by atoms with Crippen molar-refractivity contribution in [2.75, 3.05) is 13.2 Å². The molecule has 1 aromatic carbocycles. The quantitative estimate of drug-likeness (QED) is 0.271. The highest BCUT2D eigenvalue weighted by atomic mass is 16.6. The van der Waals surface area contributed by atoms with E-state index in [0.717, 1.165) is 0 Å². The maximum Gasteiger partial charge on any atom is 0.122 e. The van der Waals surface area contributed by atoms with E-state index in [-0.39, 0.29) is 5.84 Å². The summed E-state index contributed by atoms with van der Waals surface area (Å²) in [6, 6.07) is 6.93. The monoisotopic (exact) mass is 195 g/mol. The molecule has 0 aliphatic heterocycles. The third-order valence-electron chi connectivity index (χ3n) is 1.64. The molecule has 5 N–H and O–H groups in total. The summed E-state index contributed by atoms with van der Waals surface area (Å²) >= 11 is 0. The van der Waals surface area contributed by atoms with Crippen molar-refractivity contribution in [2.24, 2.45) is 11.6 Å². The second-order valence-corrected chi connectivity index (χ2v) is 2.66. The molecule has 0 aliphatic carbocycles. The molecule has 0 heterocycles. The summed E-state index contributed by atoms with van der Waals surface area (Å²) in [5.74, 6) is 5.58. The molecule has 0 fully saturated rings. The van der Waals surface area contributed by atoms with Crippen molar-refractivity contribution in [3.8, 4) is 5.75 Å². The molecule has 0 radical (unpaired) electrons. The van der Waals surface area contributed by atoms with Crippen LogP contribution in [0.5, 0.6) is 5.75 Å². The van der Waals surface area contributed by atoms with Crippen LogP contribution < -0.4 is 16.4 Å². The Hall–Kier alpha value is -1.59. The molecule has 0 aromatic heterocycles. The molecule has 0 saturated heterocycles. The standard InChI is InChI=1S/C9H13N3O2/c10-9(11)7-1-3-8(4-2-7)13-5-6-14-12/h1-4H,5-6,12H2,(H3,10,11). The van der Waals surface area contributed by atoms with Crippen molar-refractivity contribution >= 4 is 5.84 Å². The largest absolute Gasteiger partial charge is 0.491 e. The lowest BCUT2D eigenvalue weighted by atomic mass is 10.2. The van der Waals surface area contributed by atoms with Gasteiger partial charge in [0.05, 0.1) is 0 Å². The number of amidine groups is 1. The van der Waals surface area contributed by atoms with Gasteiger partial charge in [-0.3, -0.25) is 5.41 Å². The minimum absolute atomic E-state index is 0.0434. The van der Waals surface area contributed by atoms with Crippen molar-refractivity contribution < 1.29 is 9.57 Å². The summed E-state index contributed by atoms with van der Waals surface area (Å²) in [5.41, 5.74) is 5.96. The number of nitrogen functional groups attached to an aromatic ring is 1. The molecule has 14 heavy (non-hydrogen) atoms. The van der Waals surface area contributed by atoms with Crippen LogP contribution in [0.2, 0.25) is 0 Å². The molecule has 0 spiro atoms. The highest BCUT2D eigenvalue weighted by Gasteiger charge is 1.97. The van der Waals surface area contributed by atoms with Gasteiger partial charge in [-0.05, 0) is 24.3 Å². The van der Waals surface area contributed by atoms with Crippen LogP contribution in [0.15, 0.2) is 24.3 Å². The Morgan fingerprint density at radius 2 is 1.86 bits per heavy atom. The van der Waals surface area contributed by atoms with Gasteiger partial charge < -0.3 is 15.3 Å². The van der Waals surface area contributed by atoms with Gasteiger partial charge in [0.1, 0.15) is 24.8 Å². The van der Waals surface area contributed by atoms with Crippen molar-refractivity contribution in [1.29, 1.82) is 5.41 Å². The van der Waals surface area contributed by atoms with E-state index in [0.29, 0.717) is 24.5 Å². The minimum Gasteiger partial charge on any atom is -0.491 e. The zero-order valence-corrected chi connectivity index (χ0v) is 7.69.